The molecular weight excluding hydrogens is 439 g/mol. The predicted octanol–water partition coefficient (Wildman–Crippen LogP) is 5.33. The van der Waals surface area contributed by atoms with Crippen LogP contribution in [0, 0.1) is 6.92 Å². The number of hydrogen-bond donors (Lipinski definition) is 2. The van der Waals surface area contributed by atoms with Crippen molar-refractivity contribution in [3.05, 3.63) is 62.5 Å². The molecule has 1 saturated heterocycles. The number of para-hydroxylation sites is 1. The third kappa shape index (κ3) is 4.33. The Morgan fingerprint density at radius 3 is 2.71 bits per heavy atom. The lowest BCUT2D eigenvalue weighted by molar-refractivity contribution is -0.140. The molecule has 0 atom stereocenters. The minimum Gasteiger partial charge on any atom is -0.480 e. The number of rotatable bonds is 5. The number of thiocarbonyl (C=S) groups is 1. The lowest BCUT2D eigenvalue weighted by Gasteiger charge is -2.14. The van der Waals surface area contributed by atoms with Gasteiger partial charge in [-0.3, -0.25) is 14.5 Å². The van der Waals surface area contributed by atoms with Crippen molar-refractivity contribution in [3.8, 4) is 0 Å². The fraction of sp³-hybridized carbons (Fsp3) is 0.105. The number of halogens is 2. The lowest BCUT2D eigenvalue weighted by Crippen LogP contribution is -2.33. The molecule has 2 aromatic rings. The summed E-state index contributed by atoms with van der Waals surface area (Å²) in [7, 11) is 0. The van der Waals surface area contributed by atoms with Crippen LogP contribution in [0.25, 0.3) is 6.08 Å². The highest BCUT2D eigenvalue weighted by atomic mass is 35.5. The SMILES string of the molecule is Cc1ccc(Cl)c(Nc2ccccc2C=C2SC(=S)N(CC(=O)O)C2=O)c1Cl. The van der Waals surface area contributed by atoms with Crippen LogP contribution in [0.5, 0.6) is 0 Å². The molecule has 0 radical (unpaired) electrons. The zero-order valence-electron chi connectivity index (χ0n) is 14.5. The van der Waals surface area contributed by atoms with Gasteiger partial charge >= 0.3 is 5.97 Å². The highest BCUT2D eigenvalue weighted by Gasteiger charge is 2.33. The minimum absolute atomic E-state index is 0.217. The molecule has 1 fully saturated rings. The number of benzene rings is 2. The molecule has 1 heterocycles. The zero-order chi connectivity index (χ0) is 20.4. The molecule has 2 aromatic carbocycles. The first-order valence-electron chi connectivity index (χ1n) is 8.05. The first-order valence-corrected chi connectivity index (χ1v) is 10.0. The molecule has 5 nitrogen and oxygen atoms in total. The quantitative estimate of drug-likeness (QED) is 0.471. The summed E-state index contributed by atoms with van der Waals surface area (Å²) in [6.07, 6.45) is 1.67. The summed E-state index contributed by atoms with van der Waals surface area (Å²) in [4.78, 5) is 24.9. The van der Waals surface area contributed by atoms with Crippen LogP contribution in [0.3, 0.4) is 0 Å². The van der Waals surface area contributed by atoms with Gasteiger partial charge in [-0.05, 0) is 36.3 Å². The number of thioether (sulfide) groups is 1. The molecule has 0 spiro atoms. The number of nitrogens with zero attached hydrogens (tertiary/aromatic N) is 1. The Balaban J connectivity index is 1.95. The van der Waals surface area contributed by atoms with E-state index in [9.17, 15) is 9.59 Å². The molecule has 1 aliphatic rings. The highest BCUT2D eigenvalue weighted by Crippen LogP contribution is 2.38. The molecule has 28 heavy (non-hydrogen) atoms. The topological polar surface area (TPSA) is 69.6 Å². The molecular formula is C19H14Cl2N2O3S2. The summed E-state index contributed by atoms with van der Waals surface area (Å²) < 4.78 is 0.217. The second-order valence-electron chi connectivity index (χ2n) is 5.93. The monoisotopic (exact) mass is 452 g/mol. The maximum absolute atomic E-state index is 12.5. The van der Waals surface area contributed by atoms with Crippen molar-refractivity contribution in [2.24, 2.45) is 0 Å². The number of aryl methyl sites for hydroxylation is 1. The summed E-state index contributed by atoms with van der Waals surface area (Å²) in [6, 6.07) is 10.9. The van der Waals surface area contributed by atoms with Crippen LogP contribution in [-0.4, -0.2) is 32.7 Å². The number of carboxylic acid groups (broad SMARTS) is 1. The van der Waals surface area contributed by atoms with Crippen LogP contribution in [0.15, 0.2) is 41.3 Å². The second-order valence-corrected chi connectivity index (χ2v) is 8.39. The summed E-state index contributed by atoms with van der Waals surface area (Å²) in [6.45, 7) is 1.42. The van der Waals surface area contributed by atoms with E-state index in [0.29, 0.717) is 31.9 Å². The smallest absolute Gasteiger partial charge is 0.323 e. The van der Waals surface area contributed by atoms with Crippen LogP contribution in [0.4, 0.5) is 11.4 Å². The van der Waals surface area contributed by atoms with Crippen molar-refractivity contribution in [2.45, 2.75) is 6.92 Å². The fourth-order valence-corrected chi connectivity index (χ4v) is 4.27. The van der Waals surface area contributed by atoms with E-state index in [1.807, 2.05) is 37.3 Å². The van der Waals surface area contributed by atoms with Gasteiger partial charge in [-0.25, -0.2) is 0 Å². The van der Waals surface area contributed by atoms with Gasteiger partial charge in [-0.1, -0.05) is 71.4 Å². The molecule has 3 rings (SSSR count). The predicted molar refractivity (Wildman–Crippen MR) is 118 cm³/mol. The van der Waals surface area contributed by atoms with Crippen LogP contribution in [-0.2, 0) is 9.59 Å². The first-order chi connectivity index (χ1) is 13.3. The average Bonchev–Trinajstić information content (AvgIpc) is 2.90. The van der Waals surface area contributed by atoms with Crippen molar-refractivity contribution < 1.29 is 14.7 Å². The van der Waals surface area contributed by atoms with Gasteiger partial charge in [0, 0.05) is 5.69 Å². The van der Waals surface area contributed by atoms with Gasteiger partial charge in [0.2, 0.25) is 0 Å². The van der Waals surface area contributed by atoms with E-state index < -0.39 is 18.4 Å². The lowest BCUT2D eigenvalue weighted by atomic mass is 10.1. The van der Waals surface area contributed by atoms with E-state index in [0.717, 1.165) is 22.2 Å². The van der Waals surface area contributed by atoms with Crippen molar-refractivity contribution >= 4 is 80.8 Å². The first kappa shape index (κ1) is 20.7. The van der Waals surface area contributed by atoms with Gasteiger partial charge in [0.25, 0.3) is 5.91 Å². The number of carboxylic acids is 1. The Labute approximate surface area is 181 Å². The van der Waals surface area contributed by atoms with Crippen LogP contribution in [0.2, 0.25) is 10.0 Å². The Morgan fingerprint density at radius 1 is 1.29 bits per heavy atom. The minimum atomic E-state index is -1.12. The highest BCUT2D eigenvalue weighted by molar-refractivity contribution is 8.26. The number of carbonyl (C=O) groups excluding carboxylic acids is 1. The number of amides is 1. The number of hydrogen-bond acceptors (Lipinski definition) is 5. The maximum atomic E-state index is 12.5. The van der Waals surface area contributed by atoms with Crippen molar-refractivity contribution in [3.63, 3.8) is 0 Å². The number of nitrogens with one attached hydrogen (secondary N) is 1. The molecule has 9 heteroatoms. The van der Waals surface area contributed by atoms with Gasteiger partial charge in [-0.2, -0.15) is 0 Å². The van der Waals surface area contributed by atoms with Gasteiger partial charge in [0.15, 0.2) is 0 Å². The molecule has 0 saturated carbocycles. The second kappa shape index (κ2) is 8.53. The fourth-order valence-electron chi connectivity index (χ4n) is 2.56. The summed E-state index contributed by atoms with van der Waals surface area (Å²) in [5.41, 5.74) is 2.86. The van der Waals surface area contributed by atoms with Gasteiger partial charge in [-0.15, -0.1) is 0 Å². The number of anilines is 2. The largest absolute Gasteiger partial charge is 0.480 e. The van der Waals surface area contributed by atoms with Crippen LogP contribution in [0.1, 0.15) is 11.1 Å². The molecule has 1 aliphatic heterocycles. The van der Waals surface area contributed by atoms with Crippen LogP contribution < -0.4 is 5.32 Å². The van der Waals surface area contributed by atoms with E-state index >= 15 is 0 Å². The van der Waals surface area contributed by atoms with E-state index in [-0.39, 0.29) is 4.32 Å². The summed E-state index contributed by atoms with van der Waals surface area (Å²) in [5, 5.41) is 13.2. The average molecular weight is 453 g/mol. The third-order valence-electron chi connectivity index (χ3n) is 3.96. The van der Waals surface area contributed by atoms with E-state index in [1.54, 1.807) is 12.1 Å². The van der Waals surface area contributed by atoms with Gasteiger partial charge in [0.05, 0.1) is 20.6 Å². The van der Waals surface area contributed by atoms with Crippen molar-refractivity contribution in [1.29, 1.82) is 0 Å². The maximum Gasteiger partial charge on any atom is 0.323 e. The summed E-state index contributed by atoms with van der Waals surface area (Å²) in [5.74, 6) is -1.55. The normalized spacial score (nSPS) is 15.4. The molecule has 2 N–H and O–H groups in total. The Hall–Kier alpha value is -2.06. The van der Waals surface area contributed by atoms with Crippen LogP contribution >= 0.6 is 47.2 Å². The Morgan fingerprint density at radius 2 is 2.00 bits per heavy atom. The molecule has 144 valence electrons. The molecule has 0 aromatic heterocycles. The number of carbonyl (C=O) groups is 2. The third-order valence-corrected chi connectivity index (χ3v) is 6.14. The Kier molecular flexibility index (Phi) is 6.30. The molecule has 1 amide bonds. The molecule has 0 bridgehead atoms. The zero-order valence-corrected chi connectivity index (χ0v) is 17.7. The van der Waals surface area contributed by atoms with E-state index in [4.69, 9.17) is 40.5 Å². The van der Waals surface area contributed by atoms with Gasteiger partial charge < -0.3 is 10.4 Å². The molecule has 0 unspecified atom stereocenters. The van der Waals surface area contributed by atoms with Gasteiger partial charge in [0.1, 0.15) is 10.9 Å². The van der Waals surface area contributed by atoms with E-state index in [1.165, 1.54) is 0 Å². The number of aliphatic carboxylic acids is 1. The standard InChI is InChI=1S/C19H14Cl2N2O3S2/c1-10-6-7-12(20)17(16(10)21)22-13-5-3-2-4-11(13)8-14-18(26)23(9-15(24)25)19(27)28-14/h2-8,22H,9H2,1H3,(H,24,25). The Bertz CT molecular complexity index is 1020. The van der Waals surface area contributed by atoms with Crippen molar-refractivity contribution in [2.75, 3.05) is 11.9 Å². The summed E-state index contributed by atoms with van der Waals surface area (Å²) >= 11 is 18.9. The molecule has 0 aliphatic carbocycles. The van der Waals surface area contributed by atoms with Crippen molar-refractivity contribution in [1.82, 2.24) is 4.90 Å². The van der Waals surface area contributed by atoms with E-state index in [2.05, 4.69) is 5.32 Å².